The Hall–Kier alpha value is -3.16. The normalized spacial score (nSPS) is 22.0. The maximum atomic E-state index is 14.6. The Balaban J connectivity index is 2.20. The van der Waals surface area contributed by atoms with E-state index in [1.807, 2.05) is 0 Å². The van der Waals surface area contributed by atoms with Gasteiger partial charge in [-0.15, -0.1) is 0 Å². The Bertz CT molecular complexity index is 918. The summed E-state index contributed by atoms with van der Waals surface area (Å²) in [5.41, 5.74) is -1.38. The van der Waals surface area contributed by atoms with Crippen LogP contribution in [0, 0.1) is 17.6 Å². The predicted molar refractivity (Wildman–Crippen MR) is 92.7 cm³/mol. The first-order valence-corrected chi connectivity index (χ1v) is 8.31. The molecule has 2 unspecified atom stereocenters. The fraction of sp³-hybridized carbons (Fsp3) is 0.263. The molecule has 2 aromatic rings. The molecule has 0 aliphatic carbocycles. The van der Waals surface area contributed by atoms with Crippen LogP contribution in [-0.4, -0.2) is 29.3 Å². The van der Waals surface area contributed by atoms with Crippen LogP contribution in [-0.2, 0) is 19.9 Å². The number of halogens is 2. The van der Waals surface area contributed by atoms with E-state index in [1.165, 1.54) is 19.2 Å². The Morgan fingerprint density at radius 3 is 2.70 bits per heavy atom. The van der Waals surface area contributed by atoms with Gasteiger partial charge in [-0.2, -0.15) is 0 Å². The Morgan fingerprint density at radius 1 is 1.30 bits per heavy atom. The molecule has 1 aliphatic heterocycles. The average molecular weight is 373 g/mol. The first kappa shape index (κ1) is 18.6. The predicted octanol–water partition coefficient (Wildman–Crippen LogP) is 2.33. The largest absolute Gasteiger partial charge is 0.465 e. The van der Waals surface area contributed by atoms with Crippen LogP contribution in [0.25, 0.3) is 0 Å². The fourth-order valence-corrected chi connectivity index (χ4v) is 3.07. The highest BCUT2D eigenvalue weighted by Gasteiger charge is 2.51. The molecule has 0 fully saturated rings. The Labute approximate surface area is 154 Å². The van der Waals surface area contributed by atoms with Crippen molar-refractivity contribution in [1.82, 2.24) is 10.3 Å². The summed E-state index contributed by atoms with van der Waals surface area (Å²) in [5.74, 6) is -4.58. The summed E-state index contributed by atoms with van der Waals surface area (Å²) in [7, 11) is 0. The molecule has 0 bridgehead atoms. The molecule has 1 aromatic heterocycles. The highest BCUT2D eigenvalue weighted by Crippen LogP contribution is 2.39. The van der Waals surface area contributed by atoms with Gasteiger partial charge in [-0.25, -0.2) is 8.78 Å². The van der Waals surface area contributed by atoms with E-state index in [2.05, 4.69) is 15.3 Å². The van der Waals surface area contributed by atoms with E-state index in [0.717, 1.165) is 6.07 Å². The maximum absolute atomic E-state index is 14.6. The topological polar surface area (TPSA) is 80.7 Å². The summed E-state index contributed by atoms with van der Waals surface area (Å²) in [6.45, 7) is 3.07. The molecule has 1 amide bonds. The molecule has 27 heavy (non-hydrogen) atoms. The molecular formula is C19H17F2N3O3. The number of hydrogen-bond donors (Lipinski definition) is 1. The number of nitrogens with one attached hydrogen (secondary N) is 1. The average Bonchev–Trinajstić information content (AvgIpc) is 2.61. The number of rotatable bonds is 4. The van der Waals surface area contributed by atoms with Crippen LogP contribution in [0.5, 0.6) is 0 Å². The van der Waals surface area contributed by atoms with E-state index in [4.69, 9.17) is 4.74 Å². The number of benzene rings is 1. The summed E-state index contributed by atoms with van der Waals surface area (Å²) in [4.78, 5) is 33.8. The molecule has 0 spiro atoms. The molecule has 0 saturated heterocycles. The molecule has 1 aromatic carbocycles. The van der Waals surface area contributed by atoms with Gasteiger partial charge >= 0.3 is 5.97 Å². The van der Waals surface area contributed by atoms with Gasteiger partial charge in [-0.05, 0) is 32.0 Å². The molecular weight excluding hydrogens is 356 g/mol. The van der Waals surface area contributed by atoms with E-state index in [1.54, 1.807) is 25.1 Å². The molecule has 140 valence electrons. The van der Waals surface area contributed by atoms with Crippen LogP contribution in [0.1, 0.15) is 25.1 Å². The van der Waals surface area contributed by atoms with Gasteiger partial charge in [0.15, 0.2) is 11.8 Å². The van der Waals surface area contributed by atoms with E-state index in [0.29, 0.717) is 11.8 Å². The second kappa shape index (κ2) is 7.22. The third kappa shape index (κ3) is 3.42. The number of pyridine rings is 1. The minimum Gasteiger partial charge on any atom is -0.465 e. The van der Waals surface area contributed by atoms with Gasteiger partial charge in [0.1, 0.15) is 22.9 Å². The zero-order valence-electron chi connectivity index (χ0n) is 14.7. The molecule has 2 atom stereocenters. The van der Waals surface area contributed by atoms with E-state index < -0.39 is 35.0 Å². The van der Waals surface area contributed by atoms with Gasteiger partial charge in [0, 0.05) is 17.8 Å². The van der Waals surface area contributed by atoms with Crippen molar-refractivity contribution in [3.8, 4) is 0 Å². The molecule has 0 saturated carbocycles. The van der Waals surface area contributed by atoms with E-state index in [9.17, 15) is 18.4 Å². The van der Waals surface area contributed by atoms with Crippen LogP contribution in [0.2, 0.25) is 0 Å². The van der Waals surface area contributed by atoms with E-state index >= 15 is 0 Å². The van der Waals surface area contributed by atoms with Crippen molar-refractivity contribution in [3.63, 3.8) is 0 Å². The van der Waals surface area contributed by atoms with Gasteiger partial charge in [0.25, 0.3) is 0 Å². The Kier molecular flexibility index (Phi) is 4.98. The van der Waals surface area contributed by atoms with Gasteiger partial charge in [-0.3, -0.25) is 19.6 Å². The molecule has 0 radical (unpaired) electrons. The lowest BCUT2D eigenvalue weighted by Crippen LogP contribution is -2.54. The molecule has 2 heterocycles. The molecule has 1 N–H and O–H groups in total. The molecule has 3 rings (SSSR count). The van der Waals surface area contributed by atoms with Crippen molar-refractivity contribution in [2.75, 3.05) is 6.61 Å². The summed E-state index contributed by atoms with van der Waals surface area (Å²) in [6, 6.07) is 7.92. The zero-order chi connectivity index (χ0) is 19.6. The lowest BCUT2D eigenvalue weighted by Gasteiger charge is -2.36. The molecule has 1 aliphatic rings. The number of carbonyl (C=O) groups excluding carboxylic acids is 2. The standard InChI is InChI=1S/C19H17F2N3O3/c1-3-27-18(26)15-17(25)23-16(14-6-4-5-9-22-14)24-19(15,2)12-8-7-11(20)10-13(12)21/h4-10,15H,3H2,1-2H3,(H,23,24,25). The summed E-state index contributed by atoms with van der Waals surface area (Å²) < 4.78 is 32.9. The highest BCUT2D eigenvalue weighted by molar-refractivity contribution is 6.14. The lowest BCUT2D eigenvalue weighted by atomic mass is 9.77. The minimum atomic E-state index is -1.64. The van der Waals surface area contributed by atoms with Gasteiger partial charge < -0.3 is 10.1 Å². The third-order valence-corrected chi connectivity index (χ3v) is 4.32. The molecule has 8 heteroatoms. The zero-order valence-corrected chi connectivity index (χ0v) is 14.7. The van der Waals surface area contributed by atoms with Crippen molar-refractivity contribution in [2.45, 2.75) is 19.4 Å². The minimum absolute atomic E-state index is 0.0431. The smallest absolute Gasteiger partial charge is 0.321 e. The number of ether oxygens (including phenoxy) is 1. The van der Waals surface area contributed by atoms with Crippen LogP contribution in [0.4, 0.5) is 8.78 Å². The van der Waals surface area contributed by atoms with Crippen molar-refractivity contribution < 1.29 is 23.1 Å². The van der Waals surface area contributed by atoms with Gasteiger partial charge in [-0.1, -0.05) is 12.1 Å². The van der Waals surface area contributed by atoms with Crippen LogP contribution < -0.4 is 5.32 Å². The SMILES string of the molecule is CCOC(=O)C1C(=O)NC(c2ccccn2)=NC1(C)c1ccc(F)cc1F. The quantitative estimate of drug-likeness (QED) is 0.659. The van der Waals surface area contributed by atoms with Crippen molar-refractivity contribution in [2.24, 2.45) is 10.9 Å². The first-order valence-electron chi connectivity index (χ1n) is 8.31. The third-order valence-electron chi connectivity index (χ3n) is 4.32. The number of hydrogen-bond acceptors (Lipinski definition) is 5. The first-order chi connectivity index (χ1) is 12.9. The van der Waals surface area contributed by atoms with Crippen LogP contribution in [0.3, 0.4) is 0 Å². The van der Waals surface area contributed by atoms with Crippen molar-refractivity contribution >= 4 is 17.7 Å². The summed E-state index contributed by atoms with van der Waals surface area (Å²) in [5, 5.41) is 2.53. The highest BCUT2D eigenvalue weighted by atomic mass is 19.1. The second-order valence-electron chi connectivity index (χ2n) is 6.12. The van der Waals surface area contributed by atoms with Gasteiger partial charge in [0.2, 0.25) is 5.91 Å². The van der Waals surface area contributed by atoms with Crippen molar-refractivity contribution in [1.29, 1.82) is 0 Å². The van der Waals surface area contributed by atoms with Crippen LogP contribution >= 0.6 is 0 Å². The van der Waals surface area contributed by atoms with Crippen molar-refractivity contribution in [3.05, 3.63) is 65.5 Å². The second-order valence-corrected chi connectivity index (χ2v) is 6.12. The monoisotopic (exact) mass is 373 g/mol. The number of aromatic nitrogens is 1. The molecule has 6 nitrogen and oxygen atoms in total. The van der Waals surface area contributed by atoms with Crippen LogP contribution in [0.15, 0.2) is 47.6 Å². The number of aliphatic imine (C=N–C) groups is 1. The number of amides is 1. The lowest BCUT2D eigenvalue weighted by molar-refractivity contribution is -0.155. The number of amidine groups is 1. The summed E-state index contributed by atoms with van der Waals surface area (Å²) >= 11 is 0. The Morgan fingerprint density at radius 2 is 2.07 bits per heavy atom. The maximum Gasteiger partial charge on any atom is 0.321 e. The number of nitrogens with zero attached hydrogens (tertiary/aromatic N) is 2. The number of esters is 1. The number of carbonyl (C=O) groups is 2. The fourth-order valence-electron chi connectivity index (χ4n) is 3.07. The van der Waals surface area contributed by atoms with Gasteiger partial charge in [0.05, 0.1) is 6.61 Å². The summed E-state index contributed by atoms with van der Waals surface area (Å²) in [6.07, 6.45) is 1.51. The van der Waals surface area contributed by atoms with E-state index in [-0.39, 0.29) is 18.0 Å².